The number of nitrogens with zero attached hydrogens (tertiary/aromatic N) is 3. The lowest BCUT2D eigenvalue weighted by molar-refractivity contribution is 0.102. The lowest BCUT2D eigenvalue weighted by atomic mass is 10.2. The third-order valence-electron chi connectivity index (χ3n) is 5.76. The fourth-order valence-corrected chi connectivity index (χ4v) is 4.12. The quantitative estimate of drug-likeness (QED) is 0.433. The molecule has 2 aromatic heterocycles. The number of carbonyl (C=O) groups excluding carboxylic acids is 1. The molecule has 8 heteroatoms. The SMILES string of the molecule is COc1ccc(NC(=O)c2nn(-c3ccc(F)cc3)c3c2CCC3)cc1OCc1cccnc1. The normalized spacial score (nSPS) is 12.3. The number of benzene rings is 2. The number of pyridine rings is 1. The summed E-state index contributed by atoms with van der Waals surface area (Å²) in [6.07, 6.45) is 5.98. The van der Waals surface area contributed by atoms with Crippen LogP contribution in [0.15, 0.2) is 67.0 Å². The van der Waals surface area contributed by atoms with Crippen molar-refractivity contribution in [3.63, 3.8) is 0 Å². The van der Waals surface area contributed by atoms with E-state index in [1.54, 1.807) is 54.5 Å². The summed E-state index contributed by atoms with van der Waals surface area (Å²) in [5.74, 6) is 0.448. The first-order valence-electron chi connectivity index (χ1n) is 11.0. The lowest BCUT2D eigenvalue weighted by Crippen LogP contribution is -2.15. The Morgan fingerprint density at radius 1 is 1.12 bits per heavy atom. The fourth-order valence-electron chi connectivity index (χ4n) is 4.12. The van der Waals surface area contributed by atoms with Crippen LogP contribution in [-0.4, -0.2) is 27.8 Å². The molecule has 0 saturated heterocycles. The Hall–Kier alpha value is -4.20. The van der Waals surface area contributed by atoms with Crippen LogP contribution in [0, 0.1) is 5.82 Å². The molecule has 5 rings (SSSR count). The Morgan fingerprint density at radius 3 is 2.74 bits per heavy atom. The summed E-state index contributed by atoms with van der Waals surface area (Å²) in [4.78, 5) is 17.3. The highest BCUT2D eigenvalue weighted by Gasteiger charge is 2.27. The number of ether oxygens (including phenoxy) is 2. The van der Waals surface area contributed by atoms with Gasteiger partial charge in [-0.25, -0.2) is 9.07 Å². The molecule has 1 aliphatic carbocycles. The molecule has 0 unspecified atom stereocenters. The predicted molar refractivity (Wildman–Crippen MR) is 125 cm³/mol. The maximum atomic E-state index is 13.4. The lowest BCUT2D eigenvalue weighted by Gasteiger charge is -2.13. The number of aromatic nitrogens is 3. The Morgan fingerprint density at radius 2 is 1.97 bits per heavy atom. The average Bonchev–Trinajstić information content (AvgIpc) is 3.47. The second-order valence-corrected chi connectivity index (χ2v) is 7.99. The zero-order valence-corrected chi connectivity index (χ0v) is 18.6. The number of fused-ring (bicyclic) bond motifs is 1. The minimum Gasteiger partial charge on any atom is -0.493 e. The third kappa shape index (κ3) is 4.34. The number of nitrogens with one attached hydrogen (secondary N) is 1. The van der Waals surface area contributed by atoms with Gasteiger partial charge < -0.3 is 14.8 Å². The molecule has 0 radical (unpaired) electrons. The van der Waals surface area contributed by atoms with Gasteiger partial charge in [-0.2, -0.15) is 5.10 Å². The maximum Gasteiger partial charge on any atom is 0.276 e. The van der Waals surface area contributed by atoms with Gasteiger partial charge in [-0.05, 0) is 61.7 Å². The Kier molecular flexibility index (Phi) is 5.95. The van der Waals surface area contributed by atoms with E-state index < -0.39 is 0 Å². The summed E-state index contributed by atoms with van der Waals surface area (Å²) in [5.41, 5.74) is 4.52. The summed E-state index contributed by atoms with van der Waals surface area (Å²) in [6, 6.07) is 15.1. The van der Waals surface area contributed by atoms with Gasteiger partial charge in [-0.15, -0.1) is 0 Å². The van der Waals surface area contributed by atoms with Gasteiger partial charge in [0.05, 0.1) is 12.8 Å². The molecule has 172 valence electrons. The molecule has 1 N–H and O–H groups in total. The molecule has 0 fully saturated rings. The highest BCUT2D eigenvalue weighted by atomic mass is 19.1. The van der Waals surface area contributed by atoms with Crippen molar-refractivity contribution in [2.45, 2.75) is 25.9 Å². The molecule has 1 aliphatic rings. The van der Waals surface area contributed by atoms with E-state index >= 15 is 0 Å². The molecule has 7 nitrogen and oxygen atoms in total. The smallest absolute Gasteiger partial charge is 0.276 e. The van der Waals surface area contributed by atoms with Gasteiger partial charge in [0.1, 0.15) is 12.4 Å². The molecule has 4 aromatic rings. The van der Waals surface area contributed by atoms with E-state index in [2.05, 4.69) is 15.4 Å². The molecular formula is C26H23FN4O3. The standard InChI is InChI=1S/C26H23FN4O3/c1-33-23-12-9-19(14-24(23)34-16-17-4-3-13-28-15-17)29-26(32)25-21-5-2-6-22(21)31(30-25)20-10-7-18(27)8-11-20/h3-4,7-15H,2,5-6,16H2,1H3,(H,29,32). The van der Waals surface area contributed by atoms with Crippen LogP contribution in [0.3, 0.4) is 0 Å². The maximum absolute atomic E-state index is 13.4. The van der Waals surface area contributed by atoms with Crippen LogP contribution in [0.4, 0.5) is 10.1 Å². The van der Waals surface area contributed by atoms with Crippen LogP contribution in [0.2, 0.25) is 0 Å². The van der Waals surface area contributed by atoms with Gasteiger partial charge in [0.25, 0.3) is 5.91 Å². The molecule has 0 bridgehead atoms. The predicted octanol–water partition coefficient (Wildman–Crippen LogP) is 4.74. The van der Waals surface area contributed by atoms with Gasteiger partial charge in [-0.3, -0.25) is 9.78 Å². The number of halogens is 1. The van der Waals surface area contributed by atoms with Crippen molar-refractivity contribution in [1.29, 1.82) is 0 Å². The number of amides is 1. The highest BCUT2D eigenvalue weighted by Crippen LogP contribution is 2.32. The van der Waals surface area contributed by atoms with Crippen LogP contribution in [0.25, 0.3) is 5.69 Å². The molecule has 0 atom stereocenters. The van der Waals surface area contributed by atoms with Crippen molar-refractivity contribution >= 4 is 11.6 Å². The third-order valence-corrected chi connectivity index (χ3v) is 5.76. The zero-order valence-electron chi connectivity index (χ0n) is 18.6. The first-order valence-corrected chi connectivity index (χ1v) is 11.0. The van der Waals surface area contributed by atoms with Crippen LogP contribution in [0.5, 0.6) is 11.5 Å². The zero-order chi connectivity index (χ0) is 23.5. The van der Waals surface area contributed by atoms with Crippen molar-refractivity contribution in [2.75, 3.05) is 12.4 Å². The van der Waals surface area contributed by atoms with Gasteiger partial charge in [0.2, 0.25) is 0 Å². The van der Waals surface area contributed by atoms with Crippen molar-refractivity contribution in [2.24, 2.45) is 0 Å². The largest absolute Gasteiger partial charge is 0.493 e. The van der Waals surface area contributed by atoms with E-state index in [1.165, 1.54) is 12.1 Å². The van der Waals surface area contributed by atoms with Gasteiger partial charge in [-0.1, -0.05) is 6.07 Å². The van der Waals surface area contributed by atoms with E-state index in [-0.39, 0.29) is 11.7 Å². The highest BCUT2D eigenvalue weighted by molar-refractivity contribution is 6.04. The second-order valence-electron chi connectivity index (χ2n) is 7.99. The summed E-state index contributed by atoms with van der Waals surface area (Å²) >= 11 is 0. The minimum atomic E-state index is -0.313. The monoisotopic (exact) mass is 458 g/mol. The van der Waals surface area contributed by atoms with Gasteiger partial charge >= 0.3 is 0 Å². The van der Waals surface area contributed by atoms with E-state index in [9.17, 15) is 9.18 Å². The Bertz CT molecular complexity index is 1320. The second kappa shape index (κ2) is 9.35. The summed E-state index contributed by atoms with van der Waals surface area (Å²) in [7, 11) is 1.57. The van der Waals surface area contributed by atoms with Crippen molar-refractivity contribution in [3.05, 3.63) is 95.3 Å². The van der Waals surface area contributed by atoms with Gasteiger partial charge in [0, 0.05) is 41.0 Å². The molecule has 1 amide bonds. The first-order chi connectivity index (χ1) is 16.6. The van der Waals surface area contributed by atoms with Crippen molar-refractivity contribution < 1.29 is 18.7 Å². The topological polar surface area (TPSA) is 78.3 Å². The minimum absolute atomic E-state index is 0.303. The number of anilines is 1. The number of hydrogen-bond donors (Lipinski definition) is 1. The fraction of sp³-hybridized carbons (Fsp3) is 0.192. The molecule has 2 heterocycles. The molecule has 34 heavy (non-hydrogen) atoms. The summed E-state index contributed by atoms with van der Waals surface area (Å²) in [6.45, 7) is 0.317. The number of rotatable bonds is 7. The molecule has 0 spiro atoms. The average molecular weight is 458 g/mol. The number of carbonyl (C=O) groups is 1. The molecule has 0 aliphatic heterocycles. The summed E-state index contributed by atoms with van der Waals surface area (Å²) in [5, 5.41) is 7.51. The first kappa shape index (κ1) is 21.6. The van der Waals surface area contributed by atoms with E-state index in [4.69, 9.17) is 9.47 Å². The molecule has 0 saturated carbocycles. The number of hydrogen-bond acceptors (Lipinski definition) is 5. The van der Waals surface area contributed by atoms with Crippen LogP contribution >= 0.6 is 0 Å². The summed E-state index contributed by atoms with van der Waals surface area (Å²) < 4.78 is 26.4. The van der Waals surface area contributed by atoms with Crippen molar-refractivity contribution in [1.82, 2.24) is 14.8 Å². The van der Waals surface area contributed by atoms with E-state index in [1.807, 2.05) is 12.1 Å². The Labute approximate surface area is 196 Å². The molecule has 2 aromatic carbocycles. The van der Waals surface area contributed by atoms with Crippen LogP contribution in [0.1, 0.15) is 33.7 Å². The Balaban J connectivity index is 1.38. The van der Waals surface area contributed by atoms with Crippen LogP contribution in [-0.2, 0) is 19.4 Å². The van der Waals surface area contributed by atoms with Crippen LogP contribution < -0.4 is 14.8 Å². The van der Waals surface area contributed by atoms with E-state index in [0.29, 0.717) is 29.5 Å². The van der Waals surface area contributed by atoms with Gasteiger partial charge in [0.15, 0.2) is 17.2 Å². The molecular weight excluding hydrogens is 435 g/mol. The van der Waals surface area contributed by atoms with Crippen molar-refractivity contribution in [3.8, 4) is 17.2 Å². The number of methoxy groups -OCH3 is 1. The van der Waals surface area contributed by atoms with E-state index in [0.717, 1.165) is 41.8 Å².